The Hall–Kier alpha value is -0.883. The molecule has 1 saturated carbocycles. The van der Waals surface area contributed by atoms with Crippen molar-refractivity contribution in [2.75, 3.05) is 6.61 Å². The standard InChI is InChI=1S/C17H31NO4Si/c1-6-23(7-2,8-3)22-15-14(13-9-10-13)18(16(15)19)17(20)21-11-12(4)5/h12-15H,6-11H2,1-5H3/t14-,15+/m0/s1. The van der Waals surface area contributed by atoms with E-state index in [0.717, 1.165) is 31.0 Å². The lowest BCUT2D eigenvalue weighted by Crippen LogP contribution is -2.70. The van der Waals surface area contributed by atoms with E-state index in [-0.39, 0.29) is 17.9 Å². The Bertz CT molecular complexity index is 438. The van der Waals surface area contributed by atoms with Gasteiger partial charge in [0.1, 0.15) is 6.10 Å². The number of imide groups is 1. The summed E-state index contributed by atoms with van der Waals surface area (Å²) in [5, 5.41) is 0. The minimum absolute atomic E-state index is 0.0984. The van der Waals surface area contributed by atoms with Crippen molar-refractivity contribution >= 4 is 20.3 Å². The highest BCUT2D eigenvalue weighted by atomic mass is 28.4. The van der Waals surface area contributed by atoms with Gasteiger partial charge in [-0.3, -0.25) is 4.79 Å². The van der Waals surface area contributed by atoms with E-state index in [2.05, 4.69) is 20.8 Å². The minimum atomic E-state index is -1.85. The monoisotopic (exact) mass is 341 g/mol. The van der Waals surface area contributed by atoms with Crippen molar-refractivity contribution in [3.63, 3.8) is 0 Å². The highest BCUT2D eigenvalue weighted by molar-refractivity contribution is 6.73. The number of nitrogens with zero attached hydrogens (tertiary/aromatic N) is 1. The summed E-state index contributed by atoms with van der Waals surface area (Å²) >= 11 is 0. The van der Waals surface area contributed by atoms with Gasteiger partial charge < -0.3 is 9.16 Å². The van der Waals surface area contributed by atoms with Gasteiger partial charge in [0.25, 0.3) is 5.91 Å². The van der Waals surface area contributed by atoms with Gasteiger partial charge in [0, 0.05) is 0 Å². The van der Waals surface area contributed by atoms with Gasteiger partial charge >= 0.3 is 6.09 Å². The smallest absolute Gasteiger partial charge is 0.416 e. The fourth-order valence-corrected chi connectivity index (χ4v) is 6.07. The van der Waals surface area contributed by atoms with Gasteiger partial charge in [-0.2, -0.15) is 0 Å². The van der Waals surface area contributed by atoms with Crippen LogP contribution in [0.15, 0.2) is 0 Å². The first-order valence-electron chi connectivity index (χ1n) is 9.06. The van der Waals surface area contributed by atoms with Crippen LogP contribution in [-0.4, -0.2) is 44.0 Å². The third-order valence-corrected chi connectivity index (χ3v) is 9.86. The topological polar surface area (TPSA) is 55.8 Å². The van der Waals surface area contributed by atoms with Crippen molar-refractivity contribution in [1.82, 2.24) is 4.90 Å². The number of likely N-dealkylation sites (tertiary alicyclic amines) is 1. The lowest BCUT2D eigenvalue weighted by atomic mass is 9.94. The highest BCUT2D eigenvalue weighted by Crippen LogP contribution is 2.44. The molecular formula is C17H31NO4Si. The SMILES string of the molecule is CC[Si](CC)(CC)O[C@H]1C(=O)N(C(=O)OCC(C)C)[C@H]1C1CC1. The molecule has 2 amide bonds. The zero-order chi connectivity index (χ0) is 17.2. The molecule has 1 heterocycles. The first-order valence-corrected chi connectivity index (χ1v) is 11.6. The largest absolute Gasteiger partial charge is 0.449 e. The number of rotatable bonds is 8. The second kappa shape index (κ2) is 7.34. The third-order valence-electron chi connectivity index (χ3n) is 5.24. The molecule has 0 N–H and O–H groups in total. The molecule has 6 heteroatoms. The summed E-state index contributed by atoms with van der Waals surface area (Å²) in [6.45, 7) is 10.8. The van der Waals surface area contributed by atoms with Crippen molar-refractivity contribution in [1.29, 1.82) is 0 Å². The second-order valence-electron chi connectivity index (χ2n) is 7.29. The molecular weight excluding hydrogens is 310 g/mol. The molecule has 5 nitrogen and oxygen atoms in total. The second-order valence-corrected chi connectivity index (χ2v) is 12.0. The molecule has 1 aliphatic carbocycles. The number of hydrogen-bond donors (Lipinski definition) is 0. The lowest BCUT2D eigenvalue weighted by molar-refractivity contribution is -0.161. The zero-order valence-electron chi connectivity index (χ0n) is 15.1. The fraction of sp³-hybridized carbons (Fsp3) is 0.882. The fourth-order valence-electron chi connectivity index (χ4n) is 3.29. The molecule has 23 heavy (non-hydrogen) atoms. The van der Waals surface area contributed by atoms with Crippen LogP contribution in [0.1, 0.15) is 47.5 Å². The molecule has 2 aliphatic rings. The third kappa shape index (κ3) is 3.79. The molecule has 1 saturated heterocycles. The predicted octanol–water partition coefficient (Wildman–Crippen LogP) is 3.79. The minimum Gasteiger partial charge on any atom is -0.449 e. The summed E-state index contributed by atoms with van der Waals surface area (Å²) in [5.74, 6) is 0.478. The Labute approximate surface area is 140 Å². The number of carbonyl (C=O) groups is 2. The van der Waals surface area contributed by atoms with Crippen LogP contribution >= 0.6 is 0 Å². The van der Waals surface area contributed by atoms with Crippen LogP contribution in [0.25, 0.3) is 0 Å². The first-order chi connectivity index (χ1) is 10.9. The number of ether oxygens (including phenoxy) is 1. The van der Waals surface area contributed by atoms with Crippen LogP contribution in [0.2, 0.25) is 18.1 Å². The Kier molecular flexibility index (Phi) is 5.89. The number of amides is 2. The van der Waals surface area contributed by atoms with Crippen LogP contribution < -0.4 is 0 Å². The maximum atomic E-state index is 12.5. The normalized spacial score (nSPS) is 24.8. The Balaban J connectivity index is 2.05. The Morgan fingerprint density at radius 3 is 2.22 bits per heavy atom. The van der Waals surface area contributed by atoms with E-state index in [9.17, 15) is 9.59 Å². The van der Waals surface area contributed by atoms with Gasteiger partial charge in [0.15, 0.2) is 8.32 Å². The Morgan fingerprint density at radius 2 is 1.78 bits per heavy atom. The number of carbonyl (C=O) groups excluding carboxylic acids is 2. The molecule has 2 fully saturated rings. The maximum absolute atomic E-state index is 12.5. The Morgan fingerprint density at radius 1 is 1.22 bits per heavy atom. The van der Waals surface area contributed by atoms with Gasteiger partial charge in [-0.15, -0.1) is 0 Å². The molecule has 0 aromatic heterocycles. The van der Waals surface area contributed by atoms with Crippen molar-refractivity contribution in [3.8, 4) is 0 Å². The van der Waals surface area contributed by atoms with E-state index < -0.39 is 20.5 Å². The summed E-state index contributed by atoms with van der Waals surface area (Å²) in [5.41, 5.74) is 0. The first kappa shape index (κ1) is 18.5. The lowest BCUT2D eigenvalue weighted by Gasteiger charge is -2.48. The summed E-state index contributed by atoms with van der Waals surface area (Å²) in [6, 6.07) is 2.94. The summed E-state index contributed by atoms with van der Waals surface area (Å²) in [6.07, 6.45) is 1.24. The molecule has 0 aromatic carbocycles. The van der Waals surface area contributed by atoms with Crippen molar-refractivity contribution in [3.05, 3.63) is 0 Å². The quantitative estimate of drug-likeness (QED) is 0.498. The van der Waals surface area contributed by atoms with E-state index in [1.54, 1.807) is 0 Å². The van der Waals surface area contributed by atoms with Gasteiger partial charge in [-0.05, 0) is 42.8 Å². The zero-order valence-corrected chi connectivity index (χ0v) is 16.1. The van der Waals surface area contributed by atoms with Crippen molar-refractivity contribution < 1.29 is 18.8 Å². The molecule has 2 atom stereocenters. The van der Waals surface area contributed by atoms with E-state index >= 15 is 0 Å². The van der Waals surface area contributed by atoms with Gasteiger partial charge in [0.2, 0.25) is 0 Å². The van der Waals surface area contributed by atoms with Crippen molar-refractivity contribution in [2.45, 2.75) is 77.7 Å². The van der Waals surface area contributed by atoms with Crippen LogP contribution in [0, 0.1) is 11.8 Å². The van der Waals surface area contributed by atoms with E-state index in [4.69, 9.17) is 9.16 Å². The molecule has 1 aliphatic heterocycles. The van der Waals surface area contributed by atoms with Crippen LogP contribution in [0.4, 0.5) is 4.79 Å². The highest BCUT2D eigenvalue weighted by Gasteiger charge is 2.59. The van der Waals surface area contributed by atoms with Crippen LogP contribution in [0.3, 0.4) is 0 Å². The van der Waals surface area contributed by atoms with Crippen LogP contribution in [-0.2, 0) is 14.0 Å². The summed E-state index contributed by atoms with van der Waals surface area (Å²) in [4.78, 5) is 26.1. The summed E-state index contributed by atoms with van der Waals surface area (Å²) < 4.78 is 11.7. The predicted molar refractivity (Wildman–Crippen MR) is 91.6 cm³/mol. The van der Waals surface area contributed by atoms with E-state index in [1.165, 1.54) is 4.90 Å². The molecule has 2 rings (SSSR count). The van der Waals surface area contributed by atoms with E-state index in [0.29, 0.717) is 12.5 Å². The maximum Gasteiger partial charge on any atom is 0.416 e. The molecule has 0 aromatic rings. The van der Waals surface area contributed by atoms with E-state index in [1.807, 2.05) is 13.8 Å². The van der Waals surface area contributed by atoms with Crippen LogP contribution in [0.5, 0.6) is 0 Å². The average Bonchev–Trinajstić information content (AvgIpc) is 3.36. The molecule has 0 radical (unpaired) electrons. The average molecular weight is 342 g/mol. The molecule has 0 unspecified atom stereocenters. The van der Waals surface area contributed by atoms with Gasteiger partial charge in [0.05, 0.1) is 12.6 Å². The molecule has 132 valence electrons. The van der Waals surface area contributed by atoms with Crippen molar-refractivity contribution in [2.24, 2.45) is 11.8 Å². The van der Waals surface area contributed by atoms with Gasteiger partial charge in [-0.25, -0.2) is 9.69 Å². The molecule has 0 spiro atoms. The number of β-lactam (4-membered cyclic amide) rings is 1. The summed E-state index contributed by atoms with van der Waals surface area (Å²) in [7, 11) is -1.85. The van der Waals surface area contributed by atoms with Gasteiger partial charge in [-0.1, -0.05) is 34.6 Å². The molecule has 0 bridgehead atoms. The number of hydrogen-bond acceptors (Lipinski definition) is 4.